The molecule has 1 aliphatic rings. The Balaban J connectivity index is 1.71. The maximum atomic E-state index is 12.4. The van der Waals surface area contributed by atoms with Gasteiger partial charge in [0.2, 0.25) is 0 Å². The van der Waals surface area contributed by atoms with Gasteiger partial charge in [0, 0.05) is 4.90 Å². The summed E-state index contributed by atoms with van der Waals surface area (Å²) in [5.41, 5.74) is 0.737. The van der Waals surface area contributed by atoms with Gasteiger partial charge in [0.15, 0.2) is 5.78 Å². The van der Waals surface area contributed by atoms with Crippen molar-refractivity contribution >= 4 is 29.4 Å². The van der Waals surface area contributed by atoms with Gasteiger partial charge in [-0.2, -0.15) is 0 Å². The second kappa shape index (κ2) is 6.38. The fraction of sp³-hybridized carbons (Fsp3) is 0.167. The zero-order valence-electron chi connectivity index (χ0n) is 12.6. The van der Waals surface area contributed by atoms with E-state index in [0.717, 1.165) is 9.80 Å². The highest BCUT2D eigenvalue weighted by atomic mass is 32.2. The number of Topliss-reactive ketones (excluding diaryl/α,β-unsaturated/α-hetero) is 1. The first-order chi connectivity index (χ1) is 11.1. The van der Waals surface area contributed by atoms with Gasteiger partial charge in [-0.25, -0.2) is 0 Å². The van der Waals surface area contributed by atoms with Crippen LogP contribution in [-0.2, 0) is 4.79 Å². The zero-order chi connectivity index (χ0) is 16.4. The molecule has 0 aliphatic carbocycles. The number of fused-ring (bicyclic) bond motifs is 1. The van der Waals surface area contributed by atoms with Crippen molar-refractivity contribution in [2.45, 2.75) is 17.9 Å². The summed E-state index contributed by atoms with van der Waals surface area (Å²) < 4.78 is 0. The molecule has 3 rings (SSSR count). The largest absolute Gasteiger partial charge is 0.296 e. The van der Waals surface area contributed by atoms with Crippen molar-refractivity contribution < 1.29 is 14.4 Å². The van der Waals surface area contributed by atoms with Crippen LogP contribution in [0, 0.1) is 0 Å². The SMILES string of the molecule is C[C@@H](C(=O)CSc1ccccc1)N1C(=O)c2ccccc2C1=O. The molecule has 23 heavy (non-hydrogen) atoms. The smallest absolute Gasteiger partial charge is 0.262 e. The molecule has 2 amide bonds. The molecule has 0 saturated carbocycles. The number of imide groups is 1. The number of benzene rings is 2. The highest BCUT2D eigenvalue weighted by Gasteiger charge is 2.40. The van der Waals surface area contributed by atoms with Crippen molar-refractivity contribution in [3.8, 4) is 0 Å². The number of thioether (sulfide) groups is 1. The van der Waals surface area contributed by atoms with Crippen LogP contribution in [0.25, 0.3) is 0 Å². The number of nitrogens with zero attached hydrogens (tertiary/aromatic N) is 1. The topological polar surface area (TPSA) is 54.5 Å². The van der Waals surface area contributed by atoms with Gasteiger partial charge in [0.1, 0.15) is 0 Å². The molecule has 1 aliphatic heterocycles. The number of amides is 2. The van der Waals surface area contributed by atoms with Crippen molar-refractivity contribution in [2.24, 2.45) is 0 Å². The van der Waals surface area contributed by atoms with Gasteiger partial charge in [-0.3, -0.25) is 19.3 Å². The van der Waals surface area contributed by atoms with Gasteiger partial charge in [-0.05, 0) is 31.2 Å². The van der Waals surface area contributed by atoms with Crippen LogP contribution in [0.2, 0.25) is 0 Å². The average molecular weight is 325 g/mol. The Morgan fingerprint density at radius 3 is 2.04 bits per heavy atom. The molecule has 1 atom stereocenters. The molecule has 0 bridgehead atoms. The van der Waals surface area contributed by atoms with E-state index in [1.54, 1.807) is 31.2 Å². The Labute approximate surface area is 138 Å². The van der Waals surface area contributed by atoms with E-state index in [1.165, 1.54) is 11.8 Å². The molecule has 4 nitrogen and oxygen atoms in total. The summed E-state index contributed by atoms with van der Waals surface area (Å²) in [4.78, 5) is 39.2. The second-order valence-corrected chi connectivity index (χ2v) is 6.32. The number of hydrogen-bond donors (Lipinski definition) is 0. The predicted octanol–water partition coefficient (Wildman–Crippen LogP) is 3.03. The maximum absolute atomic E-state index is 12.4. The highest BCUT2D eigenvalue weighted by molar-refractivity contribution is 8.00. The Hall–Kier alpha value is -2.40. The van der Waals surface area contributed by atoms with Crippen molar-refractivity contribution in [3.63, 3.8) is 0 Å². The van der Waals surface area contributed by atoms with E-state index in [0.29, 0.717) is 11.1 Å². The minimum absolute atomic E-state index is 0.145. The van der Waals surface area contributed by atoms with E-state index in [1.807, 2.05) is 30.3 Å². The van der Waals surface area contributed by atoms with E-state index >= 15 is 0 Å². The van der Waals surface area contributed by atoms with Crippen LogP contribution in [-0.4, -0.2) is 34.3 Å². The summed E-state index contributed by atoms with van der Waals surface area (Å²) >= 11 is 1.40. The van der Waals surface area contributed by atoms with Crippen LogP contribution in [0.1, 0.15) is 27.6 Å². The second-order valence-electron chi connectivity index (χ2n) is 5.27. The van der Waals surface area contributed by atoms with Gasteiger partial charge < -0.3 is 0 Å². The lowest BCUT2D eigenvalue weighted by Crippen LogP contribution is -2.43. The Morgan fingerprint density at radius 2 is 1.48 bits per heavy atom. The number of rotatable bonds is 5. The molecule has 0 saturated heterocycles. The van der Waals surface area contributed by atoms with Gasteiger partial charge in [0.05, 0.1) is 22.9 Å². The summed E-state index contributed by atoms with van der Waals surface area (Å²) in [6.45, 7) is 1.61. The lowest BCUT2D eigenvalue weighted by Gasteiger charge is -2.21. The summed E-state index contributed by atoms with van der Waals surface area (Å²) in [6.07, 6.45) is 0. The van der Waals surface area contributed by atoms with E-state index < -0.39 is 17.9 Å². The van der Waals surface area contributed by atoms with E-state index in [-0.39, 0.29) is 11.5 Å². The molecule has 116 valence electrons. The number of carbonyl (C=O) groups is 3. The summed E-state index contributed by atoms with van der Waals surface area (Å²) in [7, 11) is 0. The normalized spacial score (nSPS) is 14.7. The van der Waals surface area contributed by atoms with Crippen LogP contribution >= 0.6 is 11.8 Å². The first kappa shape index (κ1) is 15.5. The first-order valence-electron chi connectivity index (χ1n) is 7.27. The lowest BCUT2D eigenvalue weighted by atomic mass is 10.1. The third-order valence-electron chi connectivity index (χ3n) is 3.80. The van der Waals surface area contributed by atoms with Crippen molar-refractivity contribution in [3.05, 3.63) is 65.7 Å². The average Bonchev–Trinajstić information content (AvgIpc) is 2.84. The summed E-state index contributed by atoms with van der Waals surface area (Å²) in [5.74, 6) is -0.709. The Morgan fingerprint density at radius 1 is 0.957 bits per heavy atom. The monoisotopic (exact) mass is 325 g/mol. The molecule has 1 heterocycles. The third kappa shape index (κ3) is 2.92. The van der Waals surface area contributed by atoms with Crippen molar-refractivity contribution in [1.29, 1.82) is 0 Å². The molecule has 0 N–H and O–H groups in total. The van der Waals surface area contributed by atoms with Crippen LogP contribution in [0.15, 0.2) is 59.5 Å². The minimum atomic E-state index is -0.765. The van der Waals surface area contributed by atoms with E-state index in [4.69, 9.17) is 0 Å². The summed E-state index contributed by atoms with van der Waals surface area (Å²) in [6, 6.07) is 15.5. The quantitative estimate of drug-likeness (QED) is 0.626. The van der Waals surface area contributed by atoms with Gasteiger partial charge in [0.25, 0.3) is 11.8 Å². The van der Waals surface area contributed by atoms with Crippen LogP contribution < -0.4 is 0 Å². The lowest BCUT2D eigenvalue weighted by molar-refractivity contribution is -0.119. The van der Waals surface area contributed by atoms with Gasteiger partial charge >= 0.3 is 0 Å². The van der Waals surface area contributed by atoms with Crippen molar-refractivity contribution in [2.75, 3.05) is 5.75 Å². The van der Waals surface area contributed by atoms with Crippen LogP contribution in [0.3, 0.4) is 0 Å². The molecule has 0 unspecified atom stereocenters. The van der Waals surface area contributed by atoms with Crippen molar-refractivity contribution in [1.82, 2.24) is 4.90 Å². The molecule has 2 aromatic carbocycles. The number of carbonyl (C=O) groups excluding carboxylic acids is 3. The molecule has 0 radical (unpaired) electrons. The maximum Gasteiger partial charge on any atom is 0.262 e. The predicted molar refractivity (Wildman–Crippen MR) is 88.6 cm³/mol. The highest BCUT2D eigenvalue weighted by Crippen LogP contribution is 2.26. The molecule has 5 heteroatoms. The number of hydrogen-bond acceptors (Lipinski definition) is 4. The van der Waals surface area contributed by atoms with E-state index in [2.05, 4.69) is 0 Å². The standard InChI is InChI=1S/C18H15NO3S/c1-12(16(20)11-23-13-7-3-2-4-8-13)19-17(21)14-9-5-6-10-15(14)18(19)22/h2-10,12H,11H2,1H3/t12-/m0/s1. The third-order valence-corrected chi connectivity index (χ3v) is 4.84. The molecule has 0 spiro atoms. The summed E-state index contributed by atoms with van der Waals surface area (Å²) in [5, 5.41) is 0. The molecule has 0 fully saturated rings. The molecular formula is C18H15NO3S. The van der Waals surface area contributed by atoms with E-state index in [9.17, 15) is 14.4 Å². The van der Waals surface area contributed by atoms with Crippen LogP contribution in [0.4, 0.5) is 0 Å². The Bertz CT molecular complexity index is 738. The fourth-order valence-corrected chi connectivity index (χ4v) is 3.40. The fourth-order valence-electron chi connectivity index (χ4n) is 2.50. The molecular weight excluding hydrogens is 310 g/mol. The van der Waals surface area contributed by atoms with Gasteiger partial charge in [-0.1, -0.05) is 30.3 Å². The zero-order valence-corrected chi connectivity index (χ0v) is 13.4. The molecule has 0 aromatic heterocycles. The first-order valence-corrected chi connectivity index (χ1v) is 8.25. The van der Waals surface area contributed by atoms with Gasteiger partial charge in [-0.15, -0.1) is 11.8 Å². The number of ketones is 1. The molecule has 2 aromatic rings. The minimum Gasteiger partial charge on any atom is -0.296 e. The van der Waals surface area contributed by atoms with Crippen LogP contribution in [0.5, 0.6) is 0 Å². The Kier molecular flexibility index (Phi) is 4.30.